The molecule has 0 aliphatic rings. The van der Waals surface area contributed by atoms with Gasteiger partial charge in [0.1, 0.15) is 0 Å². The molecule has 17 heavy (non-hydrogen) atoms. The van der Waals surface area contributed by atoms with Gasteiger partial charge in [0.15, 0.2) is 5.03 Å². The number of hydrogen-bond acceptors (Lipinski definition) is 4. The number of nitrogens with two attached hydrogens (primary N) is 1. The van der Waals surface area contributed by atoms with Crippen molar-refractivity contribution in [1.29, 1.82) is 0 Å². The lowest BCUT2D eigenvalue weighted by atomic mass is 9.94. The highest BCUT2D eigenvalue weighted by Gasteiger charge is 2.35. The Bertz CT molecular complexity index is 477. The number of aromatic nitrogens is 2. The van der Waals surface area contributed by atoms with Crippen molar-refractivity contribution in [2.24, 2.45) is 5.73 Å². The molecule has 0 aliphatic heterocycles. The number of sulfonamides is 1. The molecule has 0 saturated heterocycles. The molecule has 0 spiro atoms. The highest BCUT2D eigenvalue weighted by atomic mass is 32.2. The van der Waals surface area contributed by atoms with Crippen molar-refractivity contribution in [2.45, 2.75) is 37.3 Å². The van der Waals surface area contributed by atoms with Gasteiger partial charge in [0.05, 0.1) is 16.7 Å². The maximum absolute atomic E-state index is 12.0. The van der Waals surface area contributed by atoms with Gasteiger partial charge in [0, 0.05) is 0 Å². The number of nitrogens with zero attached hydrogens (tertiary/aromatic N) is 1. The molecule has 0 saturated carbocycles. The van der Waals surface area contributed by atoms with Gasteiger partial charge >= 0.3 is 0 Å². The molecule has 4 N–H and O–H groups in total. The average Bonchev–Trinajstić information content (AvgIpc) is 2.79. The summed E-state index contributed by atoms with van der Waals surface area (Å²) in [7, 11) is -3.68. The van der Waals surface area contributed by atoms with E-state index >= 15 is 0 Å². The molecule has 1 heterocycles. The highest BCUT2D eigenvalue weighted by molar-refractivity contribution is 7.89. The molecular weight excluding hydrogens is 260 g/mol. The number of rotatable bonds is 6. The van der Waals surface area contributed by atoms with E-state index in [0.717, 1.165) is 0 Å². The summed E-state index contributed by atoms with van der Waals surface area (Å²) in [5.41, 5.74) is 4.74. The van der Waals surface area contributed by atoms with Crippen LogP contribution in [0.15, 0.2) is 17.3 Å². The molecule has 6 nitrogen and oxygen atoms in total. The van der Waals surface area contributed by atoms with Crippen molar-refractivity contribution < 1.29 is 8.42 Å². The predicted molar refractivity (Wildman–Crippen MR) is 69.0 cm³/mol. The summed E-state index contributed by atoms with van der Waals surface area (Å²) in [6.07, 6.45) is 2.35. The second-order valence-corrected chi connectivity index (χ2v) is 5.77. The van der Waals surface area contributed by atoms with E-state index in [1.807, 2.05) is 13.8 Å². The van der Waals surface area contributed by atoms with Crippen LogP contribution in [0.3, 0.4) is 0 Å². The normalized spacial score (nSPS) is 12.6. The van der Waals surface area contributed by atoms with Crippen LogP contribution in [0.5, 0.6) is 0 Å². The number of hydrogen-bond donors (Lipinski definition) is 3. The second kappa shape index (κ2) is 5.11. The molecule has 0 fully saturated rings. The molecule has 1 aromatic rings. The molecule has 0 radical (unpaired) electrons. The van der Waals surface area contributed by atoms with Crippen LogP contribution < -0.4 is 10.5 Å². The first-order valence-electron chi connectivity index (χ1n) is 5.21. The Morgan fingerprint density at radius 3 is 2.53 bits per heavy atom. The van der Waals surface area contributed by atoms with E-state index in [9.17, 15) is 8.42 Å². The topological polar surface area (TPSA) is 101 Å². The Hall–Kier alpha value is -0.990. The van der Waals surface area contributed by atoms with E-state index < -0.39 is 15.6 Å². The van der Waals surface area contributed by atoms with Crippen molar-refractivity contribution in [2.75, 3.05) is 0 Å². The first kappa shape index (κ1) is 14.1. The summed E-state index contributed by atoms with van der Waals surface area (Å²) in [4.78, 5) is 0.144. The average molecular weight is 276 g/mol. The lowest BCUT2D eigenvalue weighted by molar-refractivity contribution is 0.464. The fourth-order valence-corrected chi connectivity index (χ4v) is 3.34. The van der Waals surface area contributed by atoms with Crippen molar-refractivity contribution in [3.05, 3.63) is 12.3 Å². The van der Waals surface area contributed by atoms with Gasteiger partial charge < -0.3 is 5.73 Å². The first-order valence-corrected chi connectivity index (χ1v) is 7.10. The van der Waals surface area contributed by atoms with Crippen LogP contribution in [0, 0.1) is 0 Å². The zero-order valence-electron chi connectivity index (χ0n) is 9.73. The van der Waals surface area contributed by atoms with E-state index in [0.29, 0.717) is 12.8 Å². The summed E-state index contributed by atoms with van der Waals surface area (Å²) in [5.74, 6) is 0. The Morgan fingerprint density at radius 1 is 1.59 bits per heavy atom. The molecular formula is C9H16N4O2S2. The molecule has 1 rings (SSSR count). The van der Waals surface area contributed by atoms with Gasteiger partial charge in [-0.3, -0.25) is 5.10 Å². The van der Waals surface area contributed by atoms with Crippen LogP contribution in [0.25, 0.3) is 0 Å². The van der Waals surface area contributed by atoms with Crippen molar-refractivity contribution >= 4 is 27.2 Å². The Balaban J connectivity index is 3.08. The van der Waals surface area contributed by atoms with Crippen LogP contribution in [0.4, 0.5) is 0 Å². The zero-order chi connectivity index (χ0) is 13.1. The molecule has 0 aromatic carbocycles. The SMILES string of the molecule is CCC(CC)(NS(=O)(=O)c1ccn[nH]1)C(N)=S. The highest BCUT2D eigenvalue weighted by Crippen LogP contribution is 2.19. The van der Waals surface area contributed by atoms with Gasteiger partial charge in [0.2, 0.25) is 0 Å². The Kier molecular flexibility index (Phi) is 4.23. The van der Waals surface area contributed by atoms with E-state index in [1.165, 1.54) is 12.3 Å². The summed E-state index contributed by atoms with van der Waals surface area (Å²) >= 11 is 4.95. The van der Waals surface area contributed by atoms with Gasteiger partial charge in [-0.1, -0.05) is 26.1 Å². The number of nitrogens with one attached hydrogen (secondary N) is 2. The lowest BCUT2D eigenvalue weighted by Gasteiger charge is -2.30. The molecule has 0 bridgehead atoms. The van der Waals surface area contributed by atoms with Crippen LogP contribution >= 0.6 is 12.2 Å². The third-order valence-electron chi connectivity index (χ3n) is 2.77. The minimum atomic E-state index is -3.68. The maximum Gasteiger partial charge on any atom is 0.258 e. The molecule has 0 amide bonds. The van der Waals surface area contributed by atoms with E-state index in [-0.39, 0.29) is 10.0 Å². The Morgan fingerprint density at radius 2 is 2.18 bits per heavy atom. The smallest absolute Gasteiger partial charge is 0.258 e. The van der Waals surface area contributed by atoms with Gasteiger partial charge in [-0.15, -0.1) is 0 Å². The zero-order valence-corrected chi connectivity index (χ0v) is 11.4. The third-order valence-corrected chi connectivity index (χ3v) is 4.63. The summed E-state index contributed by atoms with van der Waals surface area (Å²) in [6, 6.07) is 1.37. The molecule has 96 valence electrons. The quantitative estimate of drug-likeness (QED) is 0.658. The van der Waals surface area contributed by atoms with Crippen LogP contribution in [-0.4, -0.2) is 29.1 Å². The molecule has 1 aromatic heterocycles. The second-order valence-electron chi connectivity index (χ2n) is 3.68. The van der Waals surface area contributed by atoms with Crippen LogP contribution in [-0.2, 0) is 10.0 Å². The number of thiocarbonyl (C=S) groups is 1. The van der Waals surface area contributed by atoms with Crippen molar-refractivity contribution in [3.8, 4) is 0 Å². The predicted octanol–water partition coefficient (Wildman–Crippen LogP) is 0.533. The monoisotopic (exact) mass is 276 g/mol. The first-order chi connectivity index (χ1) is 7.88. The Labute approximate surface area is 106 Å². The van der Waals surface area contributed by atoms with Gasteiger partial charge in [-0.2, -0.15) is 9.82 Å². The lowest BCUT2D eigenvalue weighted by Crippen LogP contribution is -2.55. The fourth-order valence-electron chi connectivity index (χ4n) is 1.50. The summed E-state index contributed by atoms with van der Waals surface area (Å²) in [6.45, 7) is 3.66. The maximum atomic E-state index is 12.0. The summed E-state index contributed by atoms with van der Waals surface area (Å²) < 4.78 is 26.6. The van der Waals surface area contributed by atoms with E-state index in [4.69, 9.17) is 18.0 Å². The third kappa shape index (κ3) is 2.82. The van der Waals surface area contributed by atoms with Gasteiger partial charge in [-0.05, 0) is 18.9 Å². The fraction of sp³-hybridized carbons (Fsp3) is 0.556. The van der Waals surface area contributed by atoms with Gasteiger partial charge in [-0.25, -0.2) is 8.42 Å². The molecule has 0 atom stereocenters. The molecule has 0 aliphatic carbocycles. The summed E-state index contributed by atoms with van der Waals surface area (Å²) in [5, 5.41) is 6.01. The van der Waals surface area contributed by atoms with Crippen molar-refractivity contribution in [3.63, 3.8) is 0 Å². The number of H-pyrrole nitrogens is 1. The minimum Gasteiger partial charge on any atom is -0.392 e. The number of aromatic amines is 1. The molecule has 0 unspecified atom stereocenters. The minimum absolute atomic E-state index is 0.0000231. The van der Waals surface area contributed by atoms with E-state index in [2.05, 4.69) is 14.9 Å². The van der Waals surface area contributed by atoms with E-state index in [1.54, 1.807) is 0 Å². The van der Waals surface area contributed by atoms with Crippen LogP contribution in [0.1, 0.15) is 26.7 Å². The standard InChI is InChI=1S/C9H16N4O2S2/c1-3-9(4-2,8(10)16)13-17(14,15)7-5-6-11-12-7/h5-6,13H,3-4H2,1-2H3,(H2,10,16)(H,11,12). The van der Waals surface area contributed by atoms with Gasteiger partial charge in [0.25, 0.3) is 10.0 Å². The molecule has 8 heteroatoms. The van der Waals surface area contributed by atoms with Crippen molar-refractivity contribution in [1.82, 2.24) is 14.9 Å². The largest absolute Gasteiger partial charge is 0.392 e. The van der Waals surface area contributed by atoms with Crippen LogP contribution in [0.2, 0.25) is 0 Å².